The predicted octanol–water partition coefficient (Wildman–Crippen LogP) is 3.24. The van der Waals surface area contributed by atoms with Gasteiger partial charge in [0.2, 0.25) is 0 Å². The molecule has 0 spiro atoms. The molecule has 2 aromatic rings. The van der Waals surface area contributed by atoms with Gasteiger partial charge in [-0.1, -0.05) is 12.1 Å². The molecule has 0 radical (unpaired) electrons. The molecular weight excluding hydrogens is 326 g/mol. The molecular formula is C18H21NO4S. The number of rotatable bonds is 6. The van der Waals surface area contributed by atoms with Crippen molar-refractivity contribution in [1.29, 1.82) is 0 Å². The van der Waals surface area contributed by atoms with Gasteiger partial charge in [0.05, 0.1) is 12.7 Å². The van der Waals surface area contributed by atoms with E-state index in [1.807, 2.05) is 38.1 Å². The molecule has 1 heterocycles. The van der Waals surface area contributed by atoms with E-state index >= 15 is 0 Å². The molecule has 0 aliphatic heterocycles. The van der Waals surface area contributed by atoms with Gasteiger partial charge in [-0.2, -0.15) is 0 Å². The third kappa shape index (κ3) is 4.58. The maximum atomic E-state index is 12.1. The zero-order chi connectivity index (χ0) is 17.7. The minimum Gasteiger partial charge on any atom is -0.497 e. The minimum absolute atomic E-state index is 0.330. The first-order valence-corrected chi connectivity index (χ1v) is 8.41. The molecule has 0 saturated carbocycles. The Hall–Kier alpha value is -2.34. The molecule has 2 rings (SSSR count). The van der Waals surface area contributed by atoms with Crippen LogP contribution in [0, 0.1) is 13.8 Å². The van der Waals surface area contributed by atoms with Crippen LogP contribution in [0.15, 0.2) is 30.3 Å². The Morgan fingerprint density at radius 1 is 1.21 bits per heavy atom. The third-order valence-electron chi connectivity index (χ3n) is 3.54. The van der Waals surface area contributed by atoms with E-state index in [9.17, 15) is 9.59 Å². The Morgan fingerprint density at radius 3 is 2.42 bits per heavy atom. The first-order valence-electron chi connectivity index (χ1n) is 7.59. The maximum absolute atomic E-state index is 12.1. The van der Waals surface area contributed by atoms with E-state index < -0.39 is 12.1 Å². The molecule has 1 aromatic heterocycles. The minimum atomic E-state index is -0.852. The fourth-order valence-corrected chi connectivity index (χ4v) is 3.10. The lowest BCUT2D eigenvalue weighted by Crippen LogP contribution is -2.35. The largest absolute Gasteiger partial charge is 0.497 e. The quantitative estimate of drug-likeness (QED) is 0.815. The van der Waals surface area contributed by atoms with Crippen molar-refractivity contribution in [1.82, 2.24) is 5.32 Å². The van der Waals surface area contributed by atoms with E-state index in [0.29, 0.717) is 12.1 Å². The highest BCUT2D eigenvalue weighted by Crippen LogP contribution is 2.21. The van der Waals surface area contributed by atoms with Gasteiger partial charge in [0.15, 0.2) is 6.10 Å². The third-order valence-corrected chi connectivity index (χ3v) is 4.51. The molecule has 24 heavy (non-hydrogen) atoms. The highest BCUT2D eigenvalue weighted by Gasteiger charge is 2.20. The smallest absolute Gasteiger partial charge is 0.340 e. The lowest BCUT2D eigenvalue weighted by atomic mass is 10.2. The Labute approximate surface area is 145 Å². The van der Waals surface area contributed by atoms with Gasteiger partial charge in [0.25, 0.3) is 5.91 Å². The molecule has 128 valence electrons. The Kier molecular flexibility index (Phi) is 5.98. The van der Waals surface area contributed by atoms with Gasteiger partial charge in [-0.05, 0) is 44.5 Å². The number of amides is 1. The maximum Gasteiger partial charge on any atom is 0.340 e. The standard InChI is InChI=1S/C18H21NO4S/c1-11-9-16(13(3)24-11)18(21)23-12(2)17(20)19-10-14-5-7-15(22-4)8-6-14/h5-9,12H,10H2,1-4H3,(H,19,20). The summed E-state index contributed by atoms with van der Waals surface area (Å²) in [6.07, 6.45) is -0.852. The molecule has 1 unspecified atom stereocenters. The molecule has 0 aliphatic carbocycles. The van der Waals surface area contributed by atoms with E-state index in [4.69, 9.17) is 9.47 Å². The van der Waals surface area contributed by atoms with Crippen molar-refractivity contribution in [2.24, 2.45) is 0 Å². The summed E-state index contributed by atoms with van der Waals surface area (Å²) >= 11 is 1.53. The van der Waals surface area contributed by atoms with Crippen molar-refractivity contribution in [2.75, 3.05) is 7.11 Å². The van der Waals surface area contributed by atoms with Gasteiger partial charge in [0.1, 0.15) is 5.75 Å². The molecule has 1 aromatic carbocycles. The molecule has 1 amide bonds. The number of aryl methyl sites for hydroxylation is 2. The molecule has 0 fully saturated rings. The number of hydrogen-bond donors (Lipinski definition) is 1. The van der Waals surface area contributed by atoms with Crippen LogP contribution < -0.4 is 10.1 Å². The number of esters is 1. The van der Waals surface area contributed by atoms with Crippen LogP contribution in [0.2, 0.25) is 0 Å². The normalized spacial score (nSPS) is 11.7. The van der Waals surface area contributed by atoms with Crippen LogP contribution in [0.4, 0.5) is 0 Å². The highest BCUT2D eigenvalue weighted by atomic mass is 32.1. The lowest BCUT2D eigenvalue weighted by molar-refractivity contribution is -0.129. The average Bonchev–Trinajstić information content (AvgIpc) is 2.91. The Balaban J connectivity index is 1.87. The zero-order valence-corrected chi connectivity index (χ0v) is 15.0. The summed E-state index contributed by atoms with van der Waals surface area (Å²) < 4.78 is 10.3. The molecule has 5 nitrogen and oxygen atoms in total. The summed E-state index contributed by atoms with van der Waals surface area (Å²) in [5.41, 5.74) is 1.46. The molecule has 6 heteroatoms. The van der Waals surface area contributed by atoms with Crippen LogP contribution in [0.1, 0.15) is 32.6 Å². The van der Waals surface area contributed by atoms with Crippen LogP contribution >= 0.6 is 11.3 Å². The van der Waals surface area contributed by atoms with Crippen molar-refractivity contribution in [3.8, 4) is 5.75 Å². The predicted molar refractivity (Wildman–Crippen MR) is 93.5 cm³/mol. The summed E-state index contributed by atoms with van der Waals surface area (Å²) in [5, 5.41) is 2.76. The van der Waals surface area contributed by atoms with Gasteiger partial charge in [-0.15, -0.1) is 11.3 Å². The summed E-state index contributed by atoms with van der Waals surface area (Å²) in [7, 11) is 1.60. The van der Waals surface area contributed by atoms with Crippen LogP contribution in [0.5, 0.6) is 5.75 Å². The van der Waals surface area contributed by atoms with E-state index in [2.05, 4.69) is 5.32 Å². The van der Waals surface area contributed by atoms with Crippen molar-refractivity contribution in [3.63, 3.8) is 0 Å². The van der Waals surface area contributed by atoms with Crippen LogP contribution in [-0.2, 0) is 16.1 Å². The van der Waals surface area contributed by atoms with Gasteiger partial charge < -0.3 is 14.8 Å². The number of nitrogens with one attached hydrogen (secondary N) is 1. The summed E-state index contributed by atoms with van der Waals surface area (Å²) in [6.45, 7) is 5.72. The van der Waals surface area contributed by atoms with E-state index in [1.165, 1.54) is 11.3 Å². The second kappa shape index (κ2) is 7.97. The molecule has 0 saturated heterocycles. The van der Waals surface area contributed by atoms with E-state index in [-0.39, 0.29) is 5.91 Å². The monoisotopic (exact) mass is 347 g/mol. The average molecular weight is 347 g/mol. The number of benzene rings is 1. The second-order valence-electron chi connectivity index (χ2n) is 5.44. The number of ether oxygens (including phenoxy) is 2. The van der Waals surface area contributed by atoms with Crippen molar-refractivity contribution < 1.29 is 19.1 Å². The number of hydrogen-bond acceptors (Lipinski definition) is 5. The first kappa shape index (κ1) is 18.0. The van der Waals surface area contributed by atoms with Crippen LogP contribution in [0.3, 0.4) is 0 Å². The Bertz CT molecular complexity index is 721. The van der Waals surface area contributed by atoms with Crippen molar-refractivity contribution in [3.05, 3.63) is 51.2 Å². The van der Waals surface area contributed by atoms with Gasteiger partial charge in [-0.25, -0.2) is 4.79 Å². The molecule has 0 bridgehead atoms. The van der Waals surface area contributed by atoms with Crippen molar-refractivity contribution in [2.45, 2.75) is 33.4 Å². The summed E-state index contributed by atoms with van der Waals surface area (Å²) in [4.78, 5) is 26.1. The van der Waals surface area contributed by atoms with Gasteiger partial charge in [-0.3, -0.25) is 4.79 Å². The lowest BCUT2D eigenvalue weighted by Gasteiger charge is -2.13. The SMILES string of the molecule is COc1ccc(CNC(=O)C(C)OC(=O)c2cc(C)sc2C)cc1. The number of thiophene rings is 1. The number of carbonyl (C=O) groups is 2. The zero-order valence-electron chi connectivity index (χ0n) is 14.2. The van der Waals surface area contributed by atoms with Crippen molar-refractivity contribution >= 4 is 23.2 Å². The van der Waals surface area contributed by atoms with Gasteiger partial charge in [0, 0.05) is 16.3 Å². The van der Waals surface area contributed by atoms with E-state index in [0.717, 1.165) is 21.1 Å². The first-order chi connectivity index (χ1) is 11.4. The van der Waals surface area contributed by atoms with Gasteiger partial charge >= 0.3 is 5.97 Å². The molecule has 1 atom stereocenters. The topological polar surface area (TPSA) is 64.6 Å². The molecule has 1 N–H and O–H groups in total. The van der Waals surface area contributed by atoms with Crippen LogP contribution in [-0.4, -0.2) is 25.1 Å². The second-order valence-corrected chi connectivity index (χ2v) is 6.90. The highest BCUT2D eigenvalue weighted by molar-refractivity contribution is 7.12. The Morgan fingerprint density at radius 2 is 1.88 bits per heavy atom. The summed E-state index contributed by atoms with van der Waals surface area (Å²) in [5.74, 6) is -0.0403. The molecule has 0 aliphatic rings. The van der Waals surface area contributed by atoms with Crippen LogP contribution in [0.25, 0.3) is 0 Å². The fraction of sp³-hybridized carbons (Fsp3) is 0.333. The summed E-state index contributed by atoms with van der Waals surface area (Å²) in [6, 6.07) is 9.17. The van der Waals surface area contributed by atoms with E-state index in [1.54, 1.807) is 20.1 Å². The fourth-order valence-electron chi connectivity index (χ4n) is 2.19. The number of carbonyl (C=O) groups excluding carboxylic acids is 2. The number of methoxy groups -OCH3 is 1.